The van der Waals surface area contributed by atoms with Gasteiger partial charge in [-0.1, -0.05) is 0 Å². The van der Waals surface area contributed by atoms with E-state index in [1.807, 2.05) is 0 Å². The van der Waals surface area contributed by atoms with E-state index >= 15 is 0 Å². The van der Waals surface area contributed by atoms with Crippen molar-refractivity contribution in [3.63, 3.8) is 0 Å². The van der Waals surface area contributed by atoms with Gasteiger partial charge in [0.25, 0.3) is 0 Å². The Morgan fingerprint density at radius 1 is 1.50 bits per heavy atom. The summed E-state index contributed by atoms with van der Waals surface area (Å²) in [5.41, 5.74) is 5.14. The van der Waals surface area contributed by atoms with Crippen LogP contribution in [0, 0.1) is 6.04 Å². The van der Waals surface area contributed by atoms with Gasteiger partial charge in [-0.05, 0) is 12.8 Å². The number of hydrogen-bond acceptors (Lipinski definition) is 1. The summed E-state index contributed by atoms with van der Waals surface area (Å²) in [6, 6.07) is 1.17. The van der Waals surface area contributed by atoms with Gasteiger partial charge in [0.05, 0.1) is 0 Å². The lowest BCUT2D eigenvalue weighted by Gasteiger charge is -1.56. The van der Waals surface area contributed by atoms with Crippen LogP contribution in [0.5, 0.6) is 0 Å². The number of rotatable bonds is 0. The maximum Gasteiger partial charge on any atom is 0.0338 e. The molecule has 0 spiro atoms. The third kappa shape index (κ3) is 0.206. The topological polar surface area (TPSA) is 26.0 Å². The monoisotopic (exact) mass is 56.1 g/mol. The van der Waals surface area contributed by atoms with Crippen molar-refractivity contribution in [1.82, 2.24) is 0 Å². The lowest BCUT2D eigenvalue weighted by molar-refractivity contribution is 1.30. The minimum absolute atomic E-state index is 1.17. The maximum atomic E-state index is 5.14. The first-order valence-corrected chi connectivity index (χ1v) is 1.50. The summed E-state index contributed by atoms with van der Waals surface area (Å²) < 4.78 is 0. The van der Waals surface area contributed by atoms with E-state index in [4.69, 9.17) is 5.73 Å². The molecule has 1 heteroatoms. The highest BCUT2D eigenvalue weighted by Crippen LogP contribution is 2.23. The van der Waals surface area contributed by atoms with Crippen LogP contribution in [-0.2, 0) is 0 Å². The average Bonchev–Trinajstić information content (AvgIpc) is 1.75. The van der Waals surface area contributed by atoms with Crippen LogP contribution in [0.25, 0.3) is 0 Å². The van der Waals surface area contributed by atoms with Crippen LogP contribution in [0.1, 0.15) is 12.8 Å². The van der Waals surface area contributed by atoms with Crippen molar-refractivity contribution in [1.29, 1.82) is 0 Å². The summed E-state index contributed by atoms with van der Waals surface area (Å²) >= 11 is 0. The highest BCUT2D eigenvalue weighted by molar-refractivity contribution is 4.97. The van der Waals surface area contributed by atoms with E-state index in [1.165, 1.54) is 18.9 Å². The molecule has 0 aliphatic heterocycles. The highest BCUT2D eigenvalue weighted by atomic mass is 14.7. The average molecular weight is 56.1 g/mol. The third-order valence-corrected chi connectivity index (χ3v) is 0.539. The van der Waals surface area contributed by atoms with E-state index in [0.29, 0.717) is 0 Å². The second-order valence-corrected chi connectivity index (χ2v) is 1.16. The molecule has 1 aliphatic carbocycles. The Bertz CT molecular complexity index is 22.5. The fourth-order valence-electron chi connectivity index (χ4n) is 0.0722. The van der Waals surface area contributed by atoms with Crippen LogP contribution in [0.15, 0.2) is 0 Å². The SMILES string of the molecule is N[C]1CC1. The molecule has 23 valence electrons. The second-order valence-electron chi connectivity index (χ2n) is 1.16. The van der Waals surface area contributed by atoms with Crippen molar-refractivity contribution >= 4 is 0 Å². The van der Waals surface area contributed by atoms with Gasteiger partial charge in [-0.3, -0.25) is 0 Å². The Labute approximate surface area is 25.8 Å². The van der Waals surface area contributed by atoms with E-state index in [2.05, 4.69) is 0 Å². The zero-order valence-corrected chi connectivity index (χ0v) is 2.49. The Hall–Kier alpha value is -0.0400. The van der Waals surface area contributed by atoms with E-state index in [0.717, 1.165) is 0 Å². The molecule has 0 saturated heterocycles. The molecule has 1 nitrogen and oxygen atoms in total. The molecule has 0 atom stereocenters. The van der Waals surface area contributed by atoms with E-state index in [1.54, 1.807) is 0 Å². The number of hydrogen-bond donors (Lipinski definition) is 1. The molecule has 4 heavy (non-hydrogen) atoms. The summed E-state index contributed by atoms with van der Waals surface area (Å²) in [6.45, 7) is 0. The molecular weight excluding hydrogens is 50.0 g/mol. The van der Waals surface area contributed by atoms with Crippen molar-refractivity contribution < 1.29 is 0 Å². The van der Waals surface area contributed by atoms with E-state index < -0.39 is 0 Å². The van der Waals surface area contributed by atoms with Gasteiger partial charge >= 0.3 is 0 Å². The molecule has 0 heterocycles. The second kappa shape index (κ2) is 0.462. The van der Waals surface area contributed by atoms with Crippen molar-refractivity contribution in [3.05, 3.63) is 6.04 Å². The third-order valence-electron chi connectivity index (χ3n) is 0.539. The van der Waals surface area contributed by atoms with Gasteiger partial charge in [0.1, 0.15) is 0 Å². The summed E-state index contributed by atoms with van der Waals surface area (Å²) in [5.74, 6) is 0. The molecule has 1 rings (SSSR count). The van der Waals surface area contributed by atoms with Gasteiger partial charge in [-0.25, -0.2) is 0 Å². The van der Waals surface area contributed by atoms with Crippen LogP contribution < -0.4 is 5.73 Å². The zero-order valence-electron chi connectivity index (χ0n) is 2.49. The molecule has 2 N–H and O–H groups in total. The fraction of sp³-hybridized carbons (Fsp3) is 0.667. The first-order chi connectivity index (χ1) is 1.89. The van der Waals surface area contributed by atoms with Crippen molar-refractivity contribution in [2.24, 2.45) is 5.73 Å². The molecule has 0 bridgehead atoms. The molecule has 0 aromatic rings. The Morgan fingerprint density at radius 3 is 1.75 bits per heavy atom. The Morgan fingerprint density at radius 2 is 1.75 bits per heavy atom. The quantitative estimate of drug-likeness (QED) is 0.423. The Kier molecular flexibility index (Phi) is 0.256. The van der Waals surface area contributed by atoms with Gasteiger partial charge in [0.2, 0.25) is 0 Å². The smallest absolute Gasteiger partial charge is 0.0338 e. The predicted octanol–water partition coefficient (Wildman–Crippen LogP) is 0.271. The van der Waals surface area contributed by atoms with Crippen LogP contribution in [-0.4, -0.2) is 0 Å². The zero-order chi connectivity index (χ0) is 2.99. The van der Waals surface area contributed by atoms with E-state index in [9.17, 15) is 0 Å². The lowest BCUT2D eigenvalue weighted by atomic mass is 10.8. The van der Waals surface area contributed by atoms with Gasteiger partial charge in [0, 0.05) is 6.04 Å². The van der Waals surface area contributed by atoms with Gasteiger partial charge in [-0.15, -0.1) is 0 Å². The largest absolute Gasteiger partial charge is 0.324 e. The molecule has 1 aliphatic rings. The molecule has 0 amide bonds. The maximum absolute atomic E-state index is 5.14. The fourth-order valence-corrected chi connectivity index (χ4v) is 0.0722. The highest BCUT2D eigenvalue weighted by Gasteiger charge is 2.14. The summed E-state index contributed by atoms with van der Waals surface area (Å²) in [5, 5.41) is 0. The van der Waals surface area contributed by atoms with Crippen LogP contribution in [0.4, 0.5) is 0 Å². The first-order valence-electron chi connectivity index (χ1n) is 1.50. The van der Waals surface area contributed by atoms with Crippen molar-refractivity contribution in [2.45, 2.75) is 12.8 Å². The normalized spacial score (nSPS) is 26.2. The lowest BCUT2D eigenvalue weighted by Crippen LogP contribution is -1.83. The van der Waals surface area contributed by atoms with Crippen molar-refractivity contribution in [2.75, 3.05) is 0 Å². The molecule has 1 saturated carbocycles. The molecule has 0 unspecified atom stereocenters. The van der Waals surface area contributed by atoms with Crippen LogP contribution >= 0.6 is 0 Å². The Balaban J connectivity index is 2.17. The molecule has 0 aromatic carbocycles. The summed E-state index contributed by atoms with van der Waals surface area (Å²) in [6.07, 6.45) is 2.36. The van der Waals surface area contributed by atoms with Crippen LogP contribution in [0.2, 0.25) is 0 Å². The first kappa shape index (κ1) is 2.21. The van der Waals surface area contributed by atoms with Crippen molar-refractivity contribution in [3.8, 4) is 0 Å². The van der Waals surface area contributed by atoms with Gasteiger partial charge in [0.15, 0.2) is 0 Å². The standard InChI is InChI=1S/C3H6N/c4-3-1-2-3/h1-2,4H2. The molecule has 0 aromatic heterocycles. The summed E-state index contributed by atoms with van der Waals surface area (Å²) in [4.78, 5) is 0. The van der Waals surface area contributed by atoms with Crippen LogP contribution in [0.3, 0.4) is 0 Å². The minimum atomic E-state index is 1.17. The minimum Gasteiger partial charge on any atom is -0.324 e. The molecule has 1 fully saturated rings. The number of nitrogens with two attached hydrogens (primary N) is 1. The molecule has 1 radical (unpaired) electrons. The molecular formula is C3H6N. The predicted molar refractivity (Wildman–Crippen MR) is 16.7 cm³/mol. The summed E-state index contributed by atoms with van der Waals surface area (Å²) in [7, 11) is 0. The van der Waals surface area contributed by atoms with E-state index in [-0.39, 0.29) is 0 Å². The van der Waals surface area contributed by atoms with Gasteiger partial charge in [-0.2, -0.15) is 0 Å². The van der Waals surface area contributed by atoms with Gasteiger partial charge < -0.3 is 5.73 Å².